The molecule has 106 valence electrons. The molecule has 0 spiro atoms. The van der Waals surface area contributed by atoms with Gasteiger partial charge in [0.05, 0.1) is 17.2 Å². The van der Waals surface area contributed by atoms with E-state index < -0.39 is 0 Å². The third-order valence-corrected chi connectivity index (χ3v) is 3.55. The molecule has 0 atom stereocenters. The number of H-pyrrole nitrogens is 1. The fourth-order valence-corrected chi connectivity index (χ4v) is 2.46. The van der Waals surface area contributed by atoms with Gasteiger partial charge in [-0.25, -0.2) is 10.4 Å². The van der Waals surface area contributed by atoms with Crippen LogP contribution in [0.5, 0.6) is 0 Å². The molecule has 0 saturated carbocycles. The Morgan fingerprint density at radius 1 is 0.909 bits per heavy atom. The molecule has 1 heterocycles. The molecule has 0 unspecified atom stereocenters. The quantitative estimate of drug-likeness (QED) is 0.439. The molecule has 4 aromatic rings. The van der Waals surface area contributed by atoms with Crippen molar-refractivity contribution in [1.82, 2.24) is 9.97 Å². The first-order valence-electron chi connectivity index (χ1n) is 7.11. The highest BCUT2D eigenvalue weighted by atomic mass is 15.3. The van der Waals surface area contributed by atoms with Gasteiger partial charge in [0.1, 0.15) is 0 Å². The fraction of sp³-hybridized carbons (Fsp3) is 0. The number of aromatic nitrogens is 2. The summed E-state index contributed by atoms with van der Waals surface area (Å²) in [5.41, 5.74) is 5.89. The predicted molar refractivity (Wildman–Crippen MR) is 91.3 cm³/mol. The number of nitrogens with zero attached hydrogens (tertiary/aromatic N) is 2. The Kier molecular flexibility index (Phi) is 3.05. The van der Waals surface area contributed by atoms with E-state index in [1.807, 2.05) is 42.5 Å². The molecule has 0 radical (unpaired) electrons. The van der Waals surface area contributed by atoms with Crippen LogP contribution in [0, 0.1) is 0 Å². The first kappa shape index (κ1) is 12.6. The van der Waals surface area contributed by atoms with Crippen molar-refractivity contribution in [2.45, 2.75) is 0 Å². The number of hydrogen-bond donors (Lipinski definition) is 2. The molecular formula is C18H14N4. The van der Waals surface area contributed by atoms with Crippen molar-refractivity contribution >= 4 is 34.0 Å². The minimum absolute atomic E-state index is 0.637. The number of para-hydroxylation sites is 2. The van der Waals surface area contributed by atoms with E-state index in [1.165, 1.54) is 10.8 Å². The molecule has 3 aromatic carbocycles. The summed E-state index contributed by atoms with van der Waals surface area (Å²) in [7, 11) is 0. The molecule has 0 saturated heterocycles. The van der Waals surface area contributed by atoms with Gasteiger partial charge in [0.2, 0.25) is 5.95 Å². The maximum Gasteiger partial charge on any atom is 0.222 e. The number of aromatic amines is 1. The van der Waals surface area contributed by atoms with Gasteiger partial charge < -0.3 is 4.98 Å². The average Bonchev–Trinajstić information content (AvgIpc) is 2.97. The minimum atomic E-state index is 0.637. The minimum Gasteiger partial charge on any atom is -0.323 e. The molecule has 1 aromatic heterocycles. The molecule has 4 rings (SSSR count). The van der Waals surface area contributed by atoms with Gasteiger partial charge in [-0.15, -0.1) is 0 Å². The number of fused-ring (bicyclic) bond motifs is 2. The molecule has 0 fully saturated rings. The van der Waals surface area contributed by atoms with E-state index in [0.29, 0.717) is 5.95 Å². The second-order valence-electron chi connectivity index (χ2n) is 5.08. The van der Waals surface area contributed by atoms with Gasteiger partial charge in [-0.3, -0.25) is 0 Å². The highest BCUT2D eigenvalue weighted by molar-refractivity contribution is 5.90. The van der Waals surface area contributed by atoms with Crippen molar-refractivity contribution < 1.29 is 0 Å². The number of rotatable bonds is 3. The zero-order chi connectivity index (χ0) is 14.8. The molecule has 4 nitrogen and oxygen atoms in total. The monoisotopic (exact) mass is 286 g/mol. The number of imidazole rings is 1. The average molecular weight is 286 g/mol. The topological polar surface area (TPSA) is 53.1 Å². The van der Waals surface area contributed by atoms with Crippen molar-refractivity contribution in [3.05, 3.63) is 72.3 Å². The number of hydrogen-bond acceptors (Lipinski definition) is 3. The van der Waals surface area contributed by atoms with Crippen LogP contribution in [0.3, 0.4) is 0 Å². The lowest BCUT2D eigenvalue weighted by Crippen LogP contribution is -1.92. The Hall–Kier alpha value is -3.14. The predicted octanol–water partition coefficient (Wildman–Crippen LogP) is 4.16. The van der Waals surface area contributed by atoms with E-state index in [1.54, 1.807) is 6.21 Å². The summed E-state index contributed by atoms with van der Waals surface area (Å²) in [6.07, 6.45) is 1.79. The SMILES string of the molecule is C(=N/Nc1nc2ccccc2[nH]1)/c1ccc2ccccc2c1. The van der Waals surface area contributed by atoms with Crippen LogP contribution in [0.25, 0.3) is 21.8 Å². The summed E-state index contributed by atoms with van der Waals surface area (Å²) in [4.78, 5) is 7.59. The van der Waals surface area contributed by atoms with Crippen molar-refractivity contribution in [3.8, 4) is 0 Å². The highest BCUT2D eigenvalue weighted by Gasteiger charge is 1.99. The zero-order valence-electron chi connectivity index (χ0n) is 11.8. The lowest BCUT2D eigenvalue weighted by molar-refractivity contribution is 1.21. The standard InChI is InChI=1S/C18H14N4/c1-2-6-15-11-13(9-10-14(15)5-1)12-19-22-18-20-16-7-3-4-8-17(16)21-18/h1-12H,(H2,20,21,22)/b19-12-. The number of hydrazone groups is 1. The lowest BCUT2D eigenvalue weighted by Gasteiger charge is -1.99. The van der Waals surface area contributed by atoms with E-state index in [2.05, 4.69) is 44.8 Å². The summed E-state index contributed by atoms with van der Waals surface area (Å²) in [6, 6.07) is 22.4. The first-order chi connectivity index (χ1) is 10.9. The van der Waals surface area contributed by atoms with Gasteiger partial charge >= 0.3 is 0 Å². The normalized spacial score (nSPS) is 11.5. The first-order valence-corrected chi connectivity index (χ1v) is 7.11. The van der Waals surface area contributed by atoms with Crippen LogP contribution in [0.2, 0.25) is 0 Å². The van der Waals surface area contributed by atoms with E-state index in [0.717, 1.165) is 16.6 Å². The van der Waals surface area contributed by atoms with Gasteiger partial charge in [0.25, 0.3) is 0 Å². The molecule has 4 heteroatoms. The Labute approximate surface area is 127 Å². The summed E-state index contributed by atoms with van der Waals surface area (Å²) < 4.78 is 0. The van der Waals surface area contributed by atoms with Crippen LogP contribution in [0.15, 0.2) is 71.8 Å². The highest BCUT2D eigenvalue weighted by Crippen LogP contribution is 2.15. The maximum absolute atomic E-state index is 4.41. The van der Waals surface area contributed by atoms with Crippen molar-refractivity contribution in [2.24, 2.45) is 5.10 Å². The summed E-state index contributed by atoms with van der Waals surface area (Å²) in [5, 5.41) is 6.68. The Morgan fingerprint density at radius 3 is 2.64 bits per heavy atom. The fourth-order valence-electron chi connectivity index (χ4n) is 2.46. The molecule has 0 amide bonds. The summed E-state index contributed by atoms with van der Waals surface area (Å²) >= 11 is 0. The van der Waals surface area contributed by atoms with Crippen LogP contribution in [0.1, 0.15) is 5.56 Å². The van der Waals surface area contributed by atoms with Crippen LogP contribution in [-0.2, 0) is 0 Å². The zero-order valence-corrected chi connectivity index (χ0v) is 11.8. The van der Waals surface area contributed by atoms with E-state index in [9.17, 15) is 0 Å². The molecule has 0 bridgehead atoms. The van der Waals surface area contributed by atoms with Gasteiger partial charge in [-0.05, 0) is 34.5 Å². The van der Waals surface area contributed by atoms with Gasteiger partial charge in [0, 0.05) is 0 Å². The van der Waals surface area contributed by atoms with Gasteiger partial charge in [0.15, 0.2) is 0 Å². The van der Waals surface area contributed by atoms with Gasteiger partial charge in [-0.2, -0.15) is 5.10 Å². The summed E-state index contributed by atoms with van der Waals surface area (Å²) in [5.74, 6) is 0.637. The van der Waals surface area contributed by atoms with Crippen molar-refractivity contribution in [2.75, 3.05) is 5.43 Å². The summed E-state index contributed by atoms with van der Waals surface area (Å²) in [6.45, 7) is 0. The third kappa shape index (κ3) is 2.42. The lowest BCUT2D eigenvalue weighted by atomic mass is 10.1. The molecule has 0 aliphatic heterocycles. The Morgan fingerprint density at radius 2 is 1.73 bits per heavy atom. The molecule has 0 aliphatic carbocycles. The second-order valence-corrected chi connectivity index (χ2v) is 5.08. The molecule has 22 heavy (non-hydrogen) atoms. The number of benzene rings is 3. The Bertz CT molecular complexity index is 936. The van der Waals surface area contributed by atoms with Crippen LogP contribution < -0.4 is 5.43 Å². The second kappa shape index (κ2) is 5.33. The van der Waals surface area contributed by atoms with E-state index in [-0.39, 0.29) is 0 Å². The molecule has 2 N–H and O–H groups in total. The van der Waals surface area contributed by atoms with E-state index in [4.69, 9.17) is 0 Å². The molecular weight excluding hydrogens is 272 g/mol. The van der Waals surface area contributed by atoms with Crippen molar-refractivity contribution in [1.29, 1.82) is 0 Å². The number of nitrogens with one attached hydrogen (secondary N) is 2. The molecule has 0 aliphatic rings. The maximum atomic E-state index is 4.41. The van der Waals surface area contributed by atoms with Crippen LogP contribution in [0.4, 0.5) is 5.95 Å². The van der Waals surface area contributed by atoms with E-state index >= 15 is 0 Å². The third-order valence-electron chi connectivity index (χ3n) is 3.55. The number of anilines is 1. The van der Waals surface area contributed by atoms with Gasteiger partial charge in [-0.1, -0.05) is 48.5 Å². The van der Waals surface area contributed by atoms with Crippen LogP contribution in [-0.4, -0.2) is 16.2 Å². The smallest absolute Gasteiger partial charge is 0.222 e. The Balaban J connectivity index is 1.55. The van der Waals surface area contributed by atoms with Crippen LogP contribution >= 0.6 is 0 Å². The largest absolute Gasteiger partial charge is 0.323 e. The van der Waals surface area contributed by atoms with Crippen molar-refractivity contribution in [3.63, 3.8) is 0 Å².